The first-order valence-electron chi connectivity index (χ1n) is 10.1. The molecule has 0 saturated carbocycles. The van der Waals surface area contributed by atoms with Crippen molar-refractivity contribution in [3.8, 4) is 5.75 Å². The third kappa shape index (κ3) is 2.67. The normalized spacial score (nSPS) is 20.4. The molecule has 6 rings (SSSR count). The molecule has 0 bridgehead atoms. The van der Waals surface area contributed by atoms with Gasteiger partial charge in [0.15, 0.2) is 6.23 Å². The van der Waals surface area contributed by atoms with Crippen molar-refractivity contribution in [2.45, 2.75) is 18.7 Å². The summed E-state index contributed by atoms with van der Waals surface area (Å²) in [5, 5.41) is 3.26. The van der Waals surface area contributed by atoms with Gasteiger partial charge in [-0.15, -0.1) is 0 Å². The summed E-state index contributed by atoms with van der Waals surface area (Å²) in [4.78, 5) is 2.50. The molecule has 0 N–H and O–H groups in total. The van der Waals surface area contributed by atoms with Gasteiger partial charge in [-0.25, -0.2) is 0 Å². The smallest absolute Gasteiger partial charge is 0.180 e. The van der Waals surface area contributed by atoms with Crippen LogP contribution in [0.4, 0.5) is 0 Å². The Morgan fingerprint density at radius 1 is 0.828 bits per heavy atom. The Labute approximate surface area is 175 Å². The van der Waals surface area contributed by atoms with E-state index in [4.69, 9.17) is 16.3 Å². The second kappa shape index (κ2) is 6.62. The minimum absolute atomic E-state index is 0.0747. The van der Waals surface area contributed by atoms with Crippen molar-refractivity contribution in [3.05, 3.63) is 112 Å². The highest BCUT2D eigenvalue weighted by molar-refractivity contribution is 6.30. The second-order valence-corrected chi connectivity index (χ2v) is 8.25. The van der Waals surface area contributed by atoms with Crippen LogP contribution in [0.1, 0.15) is 34.5 Å². The minimum Gasteiger partial charge on any atom is -0.470 e. The zero-order valence-corrected chi connectivity index (χ0v) is 16.6. The van der Waals surface area contributed by atoms with Crippen molar-refractivity contribution in [1.29, 1.82) is 0 Å². The summed E-state index contributed by atoms with van der Waals surface area (Å²) >= 11 is 6.21. The highest BCUT2D eigenvalue weighted by atomic mass is 35.5. The quantitative estimate of drug-likeness (QED) is 0.362. The molecule has 0 aromatic heterocycles. The number of fused-ring (bicyclic) bond motifs is 6. The van der Waals surface area contributed by atoms with Crippen LogP contribution in [0.15, 0.2) is 84.9 Å². The van der Waals surface area contributed by atoms with E-state index in [2.05, 4.69) is 77.7 Å². The highest BCUT2D eigenvalue weighted by Crippen LogP contribution is 2.50. The number of hydrogen-bond acceptors (Lipinski definition) is 2. The fourth-order valence-corrected chi connectivity index (χ4v) is 5.02. The zero-order chi connectivity index (χ0) is 19.4. The van der Waals surface area contributed by atoms with E-state index in [0.717, 1.165) is 23.7 Å². The fraction of sp³-hybridized carbons (Fsp3) is 0.154. The molecule has 29 heavy (non-hydrogen) atoms. The lowest BCUT2D eigenvalue weighted by Crippen LogP contribution is -2.44. The second-order valence-electron chi connectivity index (χ2n) is 7.81. The van der Waals surface area contributed by atoms with Gasteiger partial charge in [-0.05, 0) is 46.5 Å². The molecule has 0 saturated heterocycles. The molecule has 2 heterocycles. The molecule has 0 spiro atoms. The Morgan fingerprint density at radius 2 is 1.62 bits per heavy atom. The van der Waals surface area contributed by atoms with Crippen molar-refractivity contribution >= 4 is 22.4 Å². The van der Waals surface area contributed by atoms with E-state index in [9.17, 15) is 0 Å². The summed E-state index contributed by atoms with van der Waals surface area (Å²) in [6, 6.07) is 30.0. The first-order valence-corrected chi connectivity index (χ1v) is 10.4. The fourth-order valence-electron chi connectivity index (χ4n) is 4.89. The molecule has 3 heteroatoms. The van der Waals surface area contributed by atoms with Crippen LogP contribution < -0.4 is 4.74 Å². The highest BCUT2D eigenvalue weighted by Gasteiger charge is 2.41. The van der Waals surface area contributed by atoms with Gasteiger partial charge < -0.3 is 4.74 Å². The summed E-state index contributed by atoms with van der Waals surface area (Å²) < 4.78 is 6.65. The Hall–Kier alpha value is -2.81. The molecule has 2 atom stereocenters. The maximum absolute atomic E-state index is 6.65. The number of rotatable bonds is 1. The Bertz CT molecular complexity index is 1220. The van der Waals surface area contributed by atoms with Gasteiger partial charge in [0.05, 0.1) is 6.04 Å². The molecule has 142 valence electrons. The summed E-state index contributed by atoms with van der Waals surface area (Å²) in [5.74, 6) is 0.974. The Morgan fingerprint density at radius 3 is 2.52 bits per heavy atom. The Balaban J connectivity index is 1.61. The molecule has 0 radical (unpaired) electrons. The molecule has 2 nitrogen and oxygen atoms in total. The number of hydrogen-bond donors (Lipinski definition) is 0. The van der Waals surface area contributed by atoms with Crippen LogP contribution >= 0.6 is 11.6 Å². The molecule has 4 aromatic carbocycles. The predicted molar refractivity (Wildman–Crippen MR) is 117 cm³/mol. The summed E-state index contributed by atoms with van der Waals surface area (Å²) in [6.07, 6.45) is 0.953. The number of nitrogens with zero attached hydrogens (tertiary/aromatic N) is 1. The van der Waals surface area contributed by atoms with Crippen LogP contribution in [0.2, 0.25) is 5.02 Å². The topological polar surface area (TPSA) is 12.5 Å². The van der Waals surface area contributed by atoms with Crippen molar-refractivity contribution in [3.63, 3.8) is 0 Å². The number of benzene rings is 4. The van der Waals surface area contributed by atoms with E-state index in [0.29, 0.717) is 0 Å². The van der Waals surface area contributed by atoms with E-state index in [1.807, 2.05) is 12.1 Å². The number of ether oxygens (including phenoxy) is 1. The zero-order valence-electron chi connectivity index (χ0n) is 15.9. The molecular formula is C26H20ClNO. The minimum atomic E-state index is -0.0747. The van der Waals surface area contributed by atoms with Gasteiger partial charge in [-0.3, -0.25) is 4.90 Å². The summed E-state index contributed by atoms with van der Waals surface area (Å²) in [6.45, 7) is 0.956. The largest absolute Gasteiger partial charge is 0.470 e. The van der Waals surface area contributed by atoms with E-state index in [1.54, 1.807) is 0 Å². The van der Waals surface area contributed by atoms with E-state index < -0.39 is 0 Å². The molecular weight excluding hydrogens is 378 g/mol. The maximum Gasteiger partial charge on any atom is 0.180 e. The van der Waals surface area contributed by atoms with Gasteiger partial charge in [0.2, 0.25) is 0 Å². The lowest BCUT2D eigenvalue weighted by atomic mass is 9.87. The molecule has 0 amide bonds. The van der Waals surface area contributed by atoms with Crippen molar-refractivity contribution < 1.29 is 4.74 Å². The van der Waals surface area contributed by atoms with Gasteiger partial charge >= 0.3 is 0 Å². The third-order valence-electron chi connectivity index (χ3n) is 6.22. The third-order valence-corrected chi connectivity index (χ3v) is 6.47. The average Bonchev–Trinajstić information content (AvgIpc) is 2.78. The Kier molecular flexibility index (Phi) is 3.90. The van der Waals surface area contributed by atoms with Gasteiger partial charge in [-0.1, -0.05) is 78.3 Å². The predicted octanol–water partition coefficient (Wildman–Crippen LogP) is 6.53. The lowest BCUT2D eigenvalue weighted by Gasteiger charge is -2.46. The molecule has 4 aromatic rings. The van der Waals surface area contributed by atoms with Gasteiger partial charge in [-0.2, -0.15) is 0 Å². The van der Waals surface area contributed by atoms with Crippen LogP contribution in [0, 0.1) is 0 Å². The lowest BCUT2D eigenvalue weighted by molar-refractivity contribution is -0.0260. The van der Waals surface area contributed by atoms with Crippen LogP contribution in [-0.4, -0.2) is 11.4 Å². The molecule has 2 aliphatic heterocycles. The summed E-state index contributed by atoms with van der Waals surface area (Å²) in [7, 11) is 0. The monoisotopic (exact) mass is 397 g/mol. The van der Waals surface area contributed by atoms with E-state index in [-0.39, 0.29) is 12.3 Å². The van der Waals surface area contributed by atoms with Gasteiger partial charge in [0.1, 0.15) is 5.75 Å². The van der Waals surface area contributed by atoms with Crippen molar-refractivity contribution in [2.24, 2.45) is 0 Å². The first kappa shape index (κ1) is 17.1. The molecule has 0 aliphatic carbocycles. The van der Waals surface area contributed by atoms with E-state index >= 15 is 0 Å². The molecule has 2 aliphatic rings. The SMILES string of the molecule is Clc1ccc([C@@H]2c3c(ccc4ccccc34)O[C@H]3c4ccccc4CCN23)cc1. The van der Waals surface area contributed by atoms with Crippen LogP contribution in [0.25, 0.3) is 10.8 Å². The van der Waals surface area contributed by atoms with E-state index in [1.165, 1.54) is 33.0 Å². The van der Waals surface area contributed by atoms with Crippen LogP contribution in [0.5, 0.6) is 5.75 Å². The van der Waals surface area contributed by atoms with Gasteiger partial charge in [0, 0.05) is 22.7 Å². The van der Waals surface area contributed by atoms with Crippen molar-refractivity contribution in [2.75, 3.05) is 6.54 Å². The van der Waals surface area contributed by atoms with Crippen molar-refractivity contribution in [1.82, 2.24) is 4.90 Å². The average molecular weight is 398 g/mol. The number of halogens is 1. The first-order chi connectivity index (χ1) is 14.3. The maximum atomic E-state index is 6.65. The molecule has 0 fully saturated rings. The van der Waals surface area contributed by atoms with Gasteiger partial charge in [0.25, 0.3) is 0 Å². The van der Waals surface area contributed by atoms with Crippen LogP contribution in [0.3, 0.4) is 0 Å². The molecule has 0 unspecified atom stereocenters. The standard InChI is InChI=1S/C26H20ClNO/c27-20-12-9-19(10-13-20)25-24-21-7-3-1-5-17(21)11-14-23(24)29-26-22-8-4-2-6-18(22)15-16-28(25)26/h1-14,25-26H,15-16H2/t25-,26+/m1/s1. The van der Waals surface area contributed by atoms with Crippen LogP contribution in [-0.2, 0) is 6.42 Å². The summed E-state index contributed by atoms with van der Waals surface area (Å²) in [5.41, 5.74) is 5.16.